The van der Waals surface area contributed by atoms with E-state index in [0.29, 0.717) is 16.3 Å². The molecule has 9 heteroatoms. The third-order valence-corrected chi connectivity index (χ3v) is 7.58. The van der Waals surface area contributed by atoms with Gasteiger partial charge in [0, 0.05) is 5.38 Å². The van der Waals surface area contributed by atoms with Crippen LogP contribution < -0.4 is 5.32 Å². The zero-order chi connectivity index (χ0) is 20.8. The maximum absolute atomic E-state index is 14.4. The van der Waals surface area contributed by atoms with E-state index in [-0.39, 0.29) is 30.3 Å². The van der Waals surface area contributed by atoms with Gasteiger partial charge >= 0.3 is 0 Å². The van der Waals surface area contributed by atoms with Crippen molar-refractivity contribution in [1.82, 2.24) is 10.2 Å². The number of carbonyl (C=O) groups excluding carboxylic acids is 3. The highest BCUT2D eigenvalue weighted by atomic mass is 35.5. The molecule has 1 saturated carbocycles. The van der Waals surface area contributed by atoms with Crippen LogP contribution in [0.1, 0.15) is 48.7 Å². The summed E-state index contributed by atoms with van der Waals surface area (Å²) in [5, 5.41) is 4.94. The van der Waals surface area contributed by atoms with Crippen molar-refractivity contribution in [3.8, 4) is 0 Å². The number of Topliss-reactive ketones (excluding diaryl/α,β-unsaturated/α-hetero) is 1. The van der Waals surface area contributed by atoms with Gasteiger partial charge in [0.2, 0.25) is 5.91 Å². The number of fused-ring (bicyclic) bond motifs is 1. The molecule has 3 fully saturated rings. The lowest BCUT2D eigenvalue weighted by Gasteiger charge is -2.32. The lowest BCUT2D eigenvalue weighted by atomic mass is 9.81. The zero-order valence-corrected chi connectivity index (χ0v) is 17.7. The summed E-state index contributed by atoms with van der Waals surface area (Å²) in [4.78, 5) is 40.0. The molecule has 1 aromatic rings. The largest absolute Gasteiger partial charge is 0.365 e. The Labute approximate surface area is 177 Å². The highest BCUT2D eigenvalue weighted by molar-refractivity contribution is 7.12. The van der Waals surface area contributed by atoms with E-state index in [0.717, 1.165) is 25.7 Å². The van der Waals surface area contributed by atoms with Gasteiger partial charge in [-0.05, 0) is 30.7 Å². The summed E-state index contributed by atoms with van der Waals surface area (Å²) >= 11 is 7.12. The van der Waals surface area contributed by atoms with Crippen LogP contribution in [-0.4, -0.2) is 60.0 Å². The second-order valence-electron chi connectivity index (χ2n) is 8.57. The van der Waals surface area contributed by atoms with Gasteiger partial charge in [0.25, 0.3) is 5.91 Å². The van der Waals surface area contributed by atoms with Crippen LogP contribution in [0, 0.1) is 5.41 Å². The number of likely N-dealkylation sites (tertiary alicyclic amines) is 1. The molecule has 0 bridgehead atoms. The van der Waals surface area contributed by atoms with Gasteiger partial charge in [-0.2, -0.15) is 0 Å². The molecular formula is C20H24ClFN2O4S. The number of rotatable bonds is 5. The van der Waals surface area contributed by atoms with Crippen LogP contribution in [0.4, 0.5) is 4.39 Å². The summed E-state index contributed by atoms with van der Waals surface area (Å²) in [5.41, 5.74) is -0.0782. The first-order chi connectivity index (χ1) is 13.8. The maximum atomic E-state index is 14.4. The average molecular weight is 443 g/mol. The Kier molecular flexibility index (Phi) is 5.70. The van der Waals surface area contributed by atoms with Crippen molar-refractivity contribution in [2.45, 2.75) is 63.4 Å². The summed E-state index contributed by atoms with van der Waals surface area (Å²) < 4.78 is 19.6. The molecule has 158 valence electrons. The molecule has 1 aliphatic carbocycles. The number of ketones is 1. The van der Waals surface area contributed by atoms with Gasteiger partial charge in [-0.25, -0.2) is 4.39 Å². The molecule has 29 heavy (non-hydrogen) atoms. The first kappa shape index (κ1) is 20.8. The van der Waals surface area contributed by atoms with Crippen molar-refractivity contribution in [2.75, 3.05) is 13.2 Å². The molecule has 1 N–H and O–H groups in total. The van der Waals surface area contributed by atoms with Gasteiger partial charge in [-0.1, -0.05) is 31.4 Å². The van der Waals surface area contributed by atoms with Crippen LogP contribution in [0.3, 0.4) is 0 Å². The van der Waals surface area contributed by atoms with Crippen molar-refractivity contribution in [1.29, 1.82) is 0 Å². The van der Waals surface area contributed by atoms with E-state index in [1.165, 1.54) is 16.2 Å². The van der Waals surface area contributed by atoms with Crippen molar-refractivity contribution in [3.05, 3.63) is 21.3 Å². The SMILES string of the molecule is CC1(C[C@H](NC(=O)c2cc(Cl)cs2)C(=O)N2C[C@H](F)[C@H]3OCC(=O)[C@H]32)CCCC1. The standard InChI is InChI=1S/C20H24ClFN2O4S/c1-20(4-2-3-5-20)7-13(23-18(26)15-6-11(21)10-29-15)19(27)24-8-12(22)17-16(24)14(25)9-28-17/h6,10,12-13,16-17H,2-5,7-9H2,1H3,(H,23,26)/t12-,13-,16+,17+/m0/s1. The number of carbonyl (C=O) groups is 3. The minimum Gasteiger partial charge on any atom is -0.365 e. The molecule has 0 radical (unpaired) electrons. The molecule has 0 unspecified atom stereocenters. The Bertz CT molecular complexity index is 825. The van der Waals surface area contributed by atoms with Gasteiger partial charge in [0.15, 0.2) is 5.78 Å². The topological polar surface area (TPSA) is 75.7 Å². The highest BCUT2D eigenvalue weighted by Gasteiger charge is 2.54. The van der Waals surface area contributed by atoms with E-state index in [2.05, 4.69) is 12.2 Å². The zero-order valence-electron chi connectivity index (χ0n) is 16.2. The van der Waals surface area contributed by atoms with Gasteiger partial charge in [-0.3, -0.25) is 14.4 Å². The number of hydrogen-bond acceptors (Lipinski definition) is 5. The number of nitrogens with one attached hydrogen (secondary N) is 1. The molecular weight excluding hydrogens is 419 g/mol. The first-order valence-electron chi connectivity index (χ1n) is 9.91. The van der Waals surface area contributed by atoms with E-state index in [9.17, 15) is 18.8 Å². The van der Waals surface area contributed by atoms with Gasteiger partial charge in [0.1, 0.15) is 31.0 Å². The fourth-order valence-electron chi connectivity index (χ4n) is 4.81. The molecule has 2 amide bonds. The van der Waals surface area contributed by atoms with Crippen LogP contribution in [-0.2, 0) is 14.3 Å². The Morgan fingerprint density at radius 1 is 1.45 bits per heavy atom. The molecule has 4 atom stereocenters. The van der Waals surface area contributed by atoms with Crippen LogP contribution in [0.5, 0.6) is 0 Å². The second kappa shape index (κ2) is 7.96. The van der Waals surface area contributed by atoms with Crippen molar-refractivity contribution in [3.63, 3.8) is 0 Å². The smallest absolute Gasteiger partial charge is 0.262 e. The first-order valence-corrected chi connectivity index (χ1v) is 11.2. The Morgan fingerprint density at radius 2 is 2.17 bits per heavy atom. The number of thiophene rings is 1. The number of nitrogens with zero attached hydrogens (tertiary/aromatic N) is 1. The summed E-state index contributed by atoms with van der Waals surface area (Å²) in [5.74, 6) is -1.09. The Morgan fingerprint density at radius 3 is 2.83 bits per heavy atom. The molecule has 3 aliphatic rings. The van der Waals surface area contributed by atoms with Crippen LogP contribution in [0.15, 0.2) is 11.4 Å². The molecule has 3 heterocycles. The van der Waals surface area contributed by atoms with Crippen LogP contribution in [0.2, 0.25) is 5.02 Å². The third-order valence-electron chi connectivity index (χ3n) is 6.31. The van der Waals surface area contributed by atoms with Crippen molar-refractivity contribution < 1.29 is 23.5 Å². The second-order valence-corrected chi connectivity index (χ2v) is 9.92. The predicted molar refractivity (Wildman–Crippen MR) is 107 cm³/mol. The summed E-state index contributed by atoms with van der Waals surface area (Å²) in [6.45, 7) is 1.75. The third kappa shape index (κ3) is 4.07. The molecule has 0 aromatic carbocycles. The molecule has 4 rings (SSSR count). The van der Waals surface area contributed by atoms with E-state index in [4.69, 9.17) is 16.3 Å². The summed E-state index contributed by atoms with van der Waals surface area (Å²) in [7, 11) is 0. The molecule has 1 aromatic heterocycles. The Hall–Kier alpha value is -1.51. The molecule has 2 aliphatic heterocycles. The molecule has 0 spiro atoms. The molecule has 6 nitrogen and oxygen atoms in total. The van der Waals surface area contributed by atoms with Gasteiger partial charge < -0.3 is 15.0 Å². The average Bonchev–Trinajstić information content (AvgIpc) is 3.43. The molecule has 2 saturated heterocycles. The lowest BCUT2D eigenvalue weighted by Crippen LogP contribution is -2.53. The van der Waals surface area contributed by atoms with Gasteiger partial charge in [-0.15, -0.1) is 11.3 Å². The minimum atomic E-state index is -1.40. The number of hydrogen-bond donors (Lipinski definition) is 1. The van der Waals surface area contributed by atoms with Crippen molar-refractivity contribution in [2.24, 2.45) is 5.41 Å². The predicted octanol–water partition coefficient (Wildman–Crippen LogP) is 2.99. The van der Waals surface area contributed by atoms with Crippen molar-refractivity contribution >= 4 is 40.5 Å². The Balaban J connectivity index is 1.56. The van der Waals surface area contributed by atoms with Gasteiger partial charge in [0.05, 0.1) is 16.4 Å². The normalized spacial score (nSPS) is 29.1. The number of halogens is 2. The summed E-state index contributed by atoms with van der Waals surface area (Å²) in [6, 6.07) is -0.173. The van der Waals surface area contributed by atoms with E-state index in [1.54, 1.807) is 11.4 Å². The fourth-order valence-corrected chi connectivity index (χ4v) is 5.79. The summed E-state index contributed by atoms with van der Waals surface area (Å²) in [6.07, 6.45) is 2.26. The lowest BCUT2D eigenvalue weighted by molar-refractivity contribution is -0.138. The number of ether oxygens (including phenoxy) is 1. The van der Waals surface area contributed by atoms with E-state index < -0.39 is 30.3 Å². The quantitative estimate of drug-likeness (QED) is 0.760. The number of amides is 2. The highest BCUT2D eigenvalue weighted by Crippen LogP contribution is 2.42. The fraction of sp³-hybridized carbons (Fsp3) is 0.650. The van der Waals surface area contributed by atoms with Crippen LogP contribution in [0.25, 0.3) is 0 Å². The maximum Gasteiger partial charge on any atom is 0.262 e. The van der Waals surface area contributed by atoms with Crippen LogP contribution >= 0.6 is 22.9 Å². The minimum absolute atomic E-state index is 0.0782. The number of alkyl halides is 1. The van der Waals surface area contributed by atoms with E-state index in [1.807, 2.05) is 0 Å². The monoisotopic (exact) mass is 442 g/mol. The van der Waals surface area contributed by atoms with E-state index >= 15 is 0 Å².